The molecule has 1 aromatic rings. The van der Waals surface area contributed by atoms with Gasteiger partial charge in [-0.15, -0.1) is 0 Å². The summed E-state index contributed by atoms with van der Waals surface area (Å²) in [5.41, 5.74) is -1.46. The Hall–Kier alpha value is -0.340. The normalized spacial score (nSPS) is 12.2. The van der Waals surface area contributed by atoms with Crippen LogP contribution < -0.4 is 0 Å². The van der Waals surface area contributed by atoms with Gasteiger partial charge >= 0.3 is 6.18 Å². The smallest absolute Gasteiger partial charge is 0.259 e. The van der Waals surface area contributed by atoms with E-state index in [1.807, 2.05) is 0 Å². The molecule has 0 aromatic carbocycles. The Morgan fingerprint density at radius 3 is 2.08 bits per heavy atom. The molecule has 0 aliphatic heterocycles. The number of alkyl halides is 3. The van der Waals surface area contributed by atoms with E-state index in [1.54, 1.807) is 0 Å². The molecule has 7 heteroatoms. The Morgan fingerprint density at radius 1 is 1.42 bits per heavy atom. The summed E-state index contributed by atoms with van der Waals surface area (Å²) in [5, 5.41) is 2.99. The third kappa shape index (κ3) is 1.54. The van der Waals surface area contributed by atoms with Crippen LogP contribution in [0.5, 0.6) is 0 Å². The fourth-order valence-electron chi connectivity index (χ4n) is 0.659. The molecule has 1 rings (SSSR count). The monoisotopic (exact) mass is 294 g/mol. The van der Waals surface area contributed by atoms with Crippen molar-refractivity contribution in [2.75, 3.05) is 0 Å². The lowest BCUT2D eigenvalue weighted by Gasteiger charge is -1.99. The topological polar surface area (TPSA) is 17.8 Å². The second-order valence-corrected chi connectivity index (χ2v) is 3.10. The minimum absolute atomic E-state index is 0.153. The van der Waals surface area contributed by atoms with Crippen molar-refractivity contribution in [3.05, 3.63) is 15.2 Å². The lowest BCUT2D eigenvalue weighted by molar-refractivity contribution is -0.143. The second-order valence-electron chi connectivity index (χ2n) is 2.07. The van der Waals surface area contributed by atoms with Gasteiger partial charge in [0, 0.05) is 7.05 Å². The van der Waals surface area contributed by atoms with Crippen molar-refractivity contribution in [1.82, 2.24) is 9.78 Å². The van der Waals surface area contributed by atoms with E-state index in [1.165, 1.54) is 29.6 Å². The van der Waals surface area contributed by atoms with E-state index < -0.39 is 17.7 Å². The molecule has 0 radical (unpaired) electrons. The lowest BCUT2D eigenvalue weighted by atomic mass is 10.4. The van der Waals surface area contributed by atoms with Gasteiger partial charge in [0.25, 0.3) is 0 Å². The Bertz CT molecular complexity index is 303. The van der Waals surface area contributed by atoms with E-state index in [-0.39, 0.29) is 3.70 Å². The van der Waals surface area contributed by atoms with Gasteiger partial charge in [0.1, 0.15) is 3.70 Å². The average Bonchev–Trinajstić information content (AvgIpc) is 2.15. The van der Waals surface area contributed by atoms with Crippen LogP contribution in [0, 0.1) is 9.52 Å². The minimum atomic E-state index is -4.72. The van der Waals surface area contributed by atoms with Crippen LogP contribution in [0.15, 0.2) is 0 Å². The zero-order chi connectivity index (χ0) is 9.52. The maximum Gasteiger partial charge on any atom is 0.438 e. The molecule has 0 bridgehead atoms. The Balaban J connectivity index is 3.28. The van der Waals surface area contributed by atoms with Crippen LogP contribution in [0.1, 0.15) is 5.69 Å². The molecule has 0 aliphatic carbocycles. The second kappa shape index (κ2) is 2.86. The van der Waals surface area contributed by atoms with Crippen LogP contribution in [0.4, 0.5) is 17.6 Å². The van der Waals surface area contributed by atoms with Gasteiger partial charge in [-0.3, -0.25) is 4.68 Å². The maximum absolute atomic E-state index is 12.7. The minimum Gasteiger partial charge on any atom is -0.259 e. The summed E-state index contributed by atoms with van der Waals surface area (Å²) in [4.78, 5) is 0. The number of aromatic nitrogens is 2. The summed E-state index contributed by atoms with van der Waals surface area (Å²) in [6, 6.07) is 0. The van der Waals surface area contributed by atoms with Crippen molar-refractivity contribution < 1.29 is 17.6 Å². The van der Waals surface area contributed by atoms with Gasteiger partial charge in [-0.1, -0.05) is 0 Å². The fourth-order valence-corrected chi connectivity index (χ4v) is 1.02. The average molecular weight is 294 g/mol. The predicted octanol–water partition coefficient (Wildman–Crippen LogP) is 2.18. The summed E-state index contributed by atoms with van der Waals surface area (Å²) >= 11 is 1.46. The highest BCUT2D eigenvalue weighted by molar-refractivity contribution is 14.1. The van der Waals surface area contributed by atoms with E-state index in [2.05, 4.69) is 5.10 Å². The first-order chi connectivity index (χ1) is 5.34. The quantitative estimate of drug-likeness (QED) is 0.530. The zero-order valence-corrected chi connectivity index (χ0v) is 7.94. The van der Waals surface area contributed by atoms with Gasteiger partial charge in [-0.25, -0.2) is 4.39 Å². The molecule has 12 heavy (non-hydrogen) atoms. The molecule has 68 valence electrons. The standard InChI is InChI=1S/C5H3F4IN2/c1-12-4(10)2(6)3(11-12)5(7,8)9/h1H3. The summed E-state index contributed by atoms with van der Waals surface area (Å²) in [6.07, 6.45) is -4.72. The van der Waals surface area contributed by atoms with E-state index in [0.29, 0.717) is 0 Å². The van der Waals surface area contributed by atoms with E-state index in [9.17, 15) is 17.6 Å². The van der Waals surface area contributed by atoms with Crippen molar-refractivity contribution >= 4 is 22.6 Å². The van der Waals surface area contributed by atoms with Gasteiger partial charge < -0.3 is 0 Å². The molecule has 0 unspecified atom stereocenters. The molecule has 0 spiro atoms. The molecule has 0 atom stereocenters. The van der Waals surface area contributed by atoms with E-state index in [4.69, 9.17) is 0 Å². The third-order valence-corrected chi connectivity index (χ3v) is 2.36. The molecular formula is C5H3F4IN2. The first-order valence-electron chi connectivity index (χ1n) is 2.79. The third-order valence-electron chi connectivity index (χ3n) is 1.19. The zero-order valence-electron chi connectivity index (χ0n) is 5.78. The van der Waals surface area contributed by atoms with Crippen molar-refractivity contribution in [3.63, 3.8) is 0 Å². The molecule has 2 nitrogen and oxygen atoms in total. The van der Waals surface area contributed by atoms with E-state index >= 15 is 0 Å². The van der Waals surface area contributed by atoms with Crippen LogP contribution in [0.25, 0.3) is 0 Å². The maximum atomic E-state index is 12.7. The van der Waals surface area contributed by atoms with Crippen LogP contribution in [0.2, 0.25) is 0 Å². The number of aryl methyl sites for hydroxylation is 1. The fraction of sp³-hybridized carbons (Fsp3) is 0.400. The number of halogens is 5. The molecule has 0 aliphatic rings. The highest BCUT2D eigenvalue weighted by atomic mass is 127. The van der Waals surface area contributed by atoms with Crippen molar-refractivity contribution in [2.24, 2.45) is 7.05 Å². The molecule has 1 aromatic heterocycles. The highest BCUT2D eigenvalue weighted by Gasteiger charge is 2.39. The number of rotatable bonds is 0. The first kappa shape index (κ1) is 9.75. The summed E-state index contributed by atoms with van der Waals surface area (Å²) in [6.45, 7) is 0. The summed E-state index contributed by atoms with van der Waals surface area (Å²) < 4.78 is 49.2. The molecule has 0 fully saturated rings. The van der Waals surface area contributed by atoms with Gasteiger partial charge in [0.15, 0.2) is 5.82 Å². The number of hydrogen-bond acceptors (Lipinski definition) is 1. The van der Waals surface area contributed by atoms with Crippen LogP contribution in [0.3, 0.4) is 0 Å². The van der Waals surface area contributed by atoms with Gasteiger partial charge in [0.05, 0.1) is 0 Å². The van der Waals surface area contributed by atoms with Crippen LogP contribution >= 0.6 is 22.6 Å². The number of nitrogens with zero attached hydrogens (tertiary/aromatic N) is 2. The molecule has 0 N–H and O–H groups in total. The van der Waals surface area contributed by atoms with Gasteiger partial charge in [-0.2, -0.15) is 18.3 Å². The molecule has 0 saturated carbocycles. The molecule has 0 amide bonds. The van der Waals surface area contributed by atoms with Crippen LogP contribution in [-0.2, 0) is 13.2 Å². The Labute approximate surface area is 78.7 Å². The highest BCUT2D eigenvalue weighted by Crippen LogP contribution is 2.31. The SMILES string of the molecule is Cn1nc(C(F)(F)F)c(F)c1I. The number of hydrogen-bond donors (Lipinski definition) is 0. The van der Waals surface area contributed by atoms with Crippen molar-refractivity contribution in [1.29, 1.82) is 0 Å². The first-order valence-corrected chi connectivity index (χ1v) is 3.87. The summed E-state index contributed by atoms with van der Waals surface area (Å²) in [7, 11) is 1.25. The van der Waals surface area contributed by atoms with Crippen molar-refractivity contribution in [2.45, 2.75) is 6.18 Å². The largest absolute Gasteiger partial charge is 0.438 e. The molecular weight excluding hydrogens is 291 g/mol. The van der Waals surface area contributed by atoms with Gasteiger partial charge in [0.2, 0.25) is 5.69 Å². The Kier molecular flexibility index (Phi) is 2.32. The van der Waals surface area contributed by atoms with Gasteiger partial charge in [-0.05, 0) is 22.6 Å². The summed E-state index contributed by atoms with van der Waals surface area (Å²) in [5.74, 6) is -1.31. The molecule has 0 saturated heterocycles. The lowest BCUT2D eigenvalue weighted by Crippen LogP contribution is -2.08. The predicted molar refractivity (Wildman–Crippen MR) is 40.9 cm³/mol. The van der Waals surface area contributed by atoms with E-state index in [0.717, 1.165) is 4.68 Å². The molecule has 1 heterocycles. The Morgan fingerprint density at radius 2 is 1.92 bits per heavy atom. The van der Waals surface area contributed by atoms with Crippen LogP contribution in [-0.4, -0.2) is 9.78 Å². The van der Waals surface area contributed by atoms with Crippen molar-refractivity contribution in [3.8, 4) is 0 Å².